The van der Waals surface area contributed by atoms with Crippen LogP contribution in [0.2, 0.25) is 0 Å². The van der Waals surface area contributed by atoms with Gasteiger partial charge in [0.25, 0.3) is 0 Å². The Labute approximate surface area is 92.0 Å². The molecular formula is C13H22NO+. The van der Waals surface area contributed by atoms with Gasteiger partial charge in [-0.3, -0.25) is 4.79 Å². The zero-order chi connectivity index (χ0) is 10.6. The first-order valence-corrected chi connectivity index (χ1v) is 6.51. The van der Waals surface area contributed by atoms with Crippen molar-refractivity contribution in [2.45, 2.75) is 25.7 Å². The third kappa shape index (κ3) is 1.30. The molecule has 0 spiro atoms. The standard InChI is InChI=1S/C13H21NO/c1-14(2)7-12-10-6-11(13(12)15)9-5-3-4-8(9)10/h8-12H,3-7H2,1-2H3/p+1. The molecule has 5 atom stereocenters. The molecule has 5 unspecified atom stereocenters. The number of rotatable bonds is 2. The van der Waals surface area contributed by atoms with Gasteiger partial charge in [0.1, 0.15) is 5.78 Å². The highest BCUT2D eigenvalue weighted by Gasteiger charge is 2.59. The van der Waals surface area contributed by atoms with Gasteiger partial charge in [-0.25, -0.2) is 0 Å². The first kappa shape index (κ1) is 9.83. The lowest BCUT2D eigenvalue weighted by atomic mass is 9.75. The van der Waals surface area contributed by atoms with E-state index in [-0.39, 0.29) is 0 Å². The fourth-order valence-electron chi connectivity index (χ4n) is 4.66. The molecule has 3 rings (SSSR count). The molecule has 2 nitrogen and oxygen atoms in total. The number of hydrogen-bond donors (Lipinski definition) is 1. The average molecular weight is 208 g/mol. The molecule has 0 aromatic carbocycles. The van der Waals surface area contributed by atoms with Crippen molar-refractivity contribution < 1.29 is 9.69 Å². The summed E-state index contributed by atoms with van der Waals surface area (Å²) in [7, 11) is 4.34. The van der Waals surface area contributed by atoms with Crippen LogP contribution in [-0.2, 0) is 4.79 Å². The van der Waals surface area contributed by atoms with Gasteiger partial charge in [0, 0.05) is 5.92 Å². The summed E-state index contributed by atoms with van der Waals surface area (Å²) in [6, 6.07) is 0. The quantitative estimate of drug-likeness (QED) is 0.696. The lowest BCUT2D eigenvalue weighted by molar-refractivity contribution is -0.861. The van der Waals surface area contributed by atoms with Crippen LogP contribution in [0, 0.1) is 29.6 Å². The van der Waals surface area contributed by atoms with Crippen molar-refractivity contribution in [3.63, 3.8) is 0 Å². The van der Waals surface area contributed by atoms with Crippen LogP contribution < -0.4 is 4.90 Å². The molecule has 0 aromatic rings. The zero-order valence-electron chi connectivity index (χ0n) is 9.83. The number of fused-ring (bicyclic) bond motifs is 5. The van der Waals surface area contributed by atoms with Crippen LogP contribution in [0.5, 0.6) is 0 Å². The van der Waals surface area contributed by atoms with E-state index in [9.17, 15) is 4.79 Å². The predicted octanol–water partition coefficient (Wildman–Crippen LogP) is 0.382. The summed E-state index contributed by atoms with van der Waals surface area (Å²) in [6.45, 7) is 1.07. The number of Topliss-reactive ketones (excluding diaryl/α,β-unsaturated/α-hetero) is 1. The monoisotopic (exact) mass is 208 g/mol. The minimum Gasteiger partial charge on any atom is -0.339 e. The summed E-state index contributed by atoms with van der Waals surface area (Å²) in [4.78, 5) is 13.7. The summed E-state index contributed by atoms with van der Waals surface area (Å²) in [6.07, 6.45) is 5.39. The molecule has 0 radical (unpaired) electrons. The topological polar surface area (TPSA) is 21.5 Å². The molecular weight excluding hydrogens is 186 g/mol. The average Bonchev–Trinajstić information content (AvgIpc) is 2.77. The van der Waals surface area contributed by atoms with Crippen molar-refractivity contribution in [3.8, 4) is 0 Å². The fraction of sp³-hybridized carbons (Fsp3) is 0.923. The highest BCUT2D eigenvalue weighted by molar-refractivity contribution is 5.87. The van der Waals surface area contributed by atoms with Crippen molar-refractivity contribution in [1.29, 1.82) is 0 Å². The number of hydrogen-bond acceptors (Lipinski definition) is 1. The molecule has 0 aromatic heterocycles. The molecule has 2 heteroatoms. The number of ketones is 1. The summed E-state index contributed by atoms with van der Waals surface area (Å²) >= 11 is 0. The Morgan fingerprint density at radius 1 is 1.20 bits per heavy atom. The van der Waals surface area contributed by atoms with Crippen LogP contribution in [0.25, 0.3) is 0 Å². The maximum Gasteiger partial charge on any atom is 0.145 e. The minimum atomic E-state index is 0.416. The Kier molecular flexibility index (Phi) is 2.17. The molecule has 0 heterocycles. The molecule has 84 valence electrons. The second kappa shape index (κ2) is 3.31. The van der Waals surface area contributed by atoms with E-state index in [0.29, 0.717) is 17.6 Å². The van der Waals surface area contributed by atoms with E-state index in [4.69, 9.17) is 0 Å². The third-order valence-corrected chi connectivity index (χ3v) is 5.09. The molecule has 1 N–H and O–H groups in total. The van der Waals surface area contributed by atoms with Crippen LogP contribution in [0.3, 0.4) is 0 Å². The third-order valence-electron chi connectivity index (χ3n) is 5.09. The van der Waals surface area contributed by atoms with Gasteiger partial charge in [-0.05, 0) is 37.0 Å². The summed E-state index contributed by atoms with van der Waals surface area (Å²) in [5.41, 5.74) is 0. The summed E-state index contributed by atoms with van der Waals surface area (Å²) in [5, 5.41) is 0. The first-order chi connectivity index (χ1) is 7.18. The van der Waals surface area contributed by atoms with E-state index >= 15 is 0 Å². The predicted molar refractivity (Wildman–Crippen MR) is 58.6 cm³/mol. The second-order valence-corrected chi connectivity index (χ2v) is 6.18. The summed E-state index contributed by atoms with van der Waals surface area (Å²) < 4.78 is 0. The first-order valence-electron chi connectivity index (χ1n) is 6.51. The smallest absolute Gasteiger partial charge is 0.145 e. The number of quaternary nitrogens is 1. The Balaban J connectivity index is 1.81. The van der Waals surface area contributed by atoms with Gasteiger partial charge in [0.15, 0.2) is 0 Å². The molecule has 3 aliphatic carbocycles. The van der Waals surface area contributed by atoms with Gasteiger partial charge in [0.2, 0.25) is 0 Å². The van der Waals surface area contributed by atoms with Gasteiger partial charge in [-0.2, -0.15) is 0 Å². The van der Waals surface area contributed by atoms with Crippen LogP contribution >= 0.6 is 0 Å². The minimum absolute atomic E-state index is 0.416. The van der Waals surface area contributed by atoms with E-state index in [0.717, 1.165) is 24.3 Å². The number of carbonyl (C=O) groups is 1. The highest BCUT2D eigenvalue weighted by atomic mass is 16.1. The van der Waals surface area contributed by atoms with Gasteiger partial charge in [-0.1, -0.05) is 6.42 Å². The van der Waals surface area contributed by atoms with E-state index in [1.165, 1.54) is 30.6 Å². The number of carbonyl (C=O) groups excluding carboxylic acids is 1. The van der Waals surface area contributed by atoms with Gasteiger partial charge in [0.05, 0.1) is 26.6 Å². The van der Waals surface area contributed by atoms with E-state index in [2.05, 4.69) is 14.1 Å². The lowest BCUT2D eigenvalue weighted by Crippen LogP contribution is -3.06. The Morgan fingerprint density at radius 3 is 2.67 bits per heavy atom. The second-order valence-electron chi connectivity index (χ2n) is 6.18. The van der Waals surface area contributed by atoms with E-state index in [1.807, 2.05) is 0 Å². The molecule has 2 bridgehead atoms. The van der Waals surface area contributed by atoms with Crippen molar-refractivity contribution in [1.82, 2.24) is 0 Å². The van der Waals surface area contributed by atoms with Crippen LogP contribution in [0.15, 0.2) is 0 Å². The Morgan fingerprint density at radius 2 is 1.93 bits per heavy atom. The molecule has 0 saturated heterocycles. The van der Waals surface area contributed by atoms with Crippen molar-refractivity contribution in [3.05, 3.63) is 0 Å². The fourth-order valence-corrected chi connectivity index (χ4v) is 4.66. The lowest BCUT2D eigenvalue weighted by Gasteiger charge is -2.30. The van der Waals surface area contributed by atoms with E-state index < -0.39 is 0 Å². The van der Waals surface area contributed by atoms with Crippen molar-refractivity contribution in [2.24, 2.45) is 29.6 Å². The zero-order valence-corrected chi connectivity index (χ0v) is 9.83. The Hall–Kier alpha value is -0.370. The largest absolute Gasteiger partial charge is 0.339 e. The van der Waals surface area contributed by atoms with Crippen LogP contribution in [0.1, 0.15) is 25.7 Å². The van der Waals surface area contributed by atoms with E-state index in [1.54, 1.807) is 0 Å². The van der Waals surface area contributed by atoms with Gasteiger partial charge >= 0.3 is 0 Å². The van der Waals surface area contributed by atoms with Crippen molar-refractivity contribution in [2.75, 3.05) is 20.6 Å². The summed E-state index contributed by atoms with van der Waals surface area (Å²) in [5.74, 6) is 4.02. The van der Waals surface area contributed by atoms with Crippen LogP contribution in [0.4, 0.5) is 0 Å². The molecule has 15 heavy (non-hydrogen) atoms. The molecule has 3 aliphatic rings. The van der Waals surface area contributed by atoms with Gasteiger partial charge < -0.3 is 4.90 Å². The van der Waals surface area contributed by atoms with Crippen LogP contribution in [-0.4, -0.2) is 26.4 Å². The maximum absolute atomic E-state index is 12.2. The van der Waals surface area contributed by atoms with Crippen molar-refractivity contribution >= 4 is 5.78 Å². The molecule has 0 amide bonds. The Bertz CT molecular complexity index is 286. The normalized spacial score (nSPS) is 47.9. The molecule has 3 fully saturated rings. The molecule has 0 aliphatic heterocycles. The maximum atomic E-state index is 12.2. The SMILES string of the molecule is C[NH+](C)CC1C(=O)C2CC1C1CCCC21. The molecule has 3 saturated carbocycles. The number of nitrogens with one attached hydrogen (secondary N) is 1. The van der Waals surface area contributed by atoms with Gasteiger partial charge in [-0.15, -0.1) is 0 Å². The highest BCUT2D eigenvalue weighted by Crippen LogP contribution is 2.58.